The van der Waals surface area contributed by atoms with Gasteiger partial charge in [0, 0.05) is 20.7 Å². The average Bonchev–Trinajstić information content (AvgIpc) is 2.21. The van der Waals surface area contributed by atoms with Crippen LogP contribution >= 0.6 is 11.8 Å². The average molecular weight is 290 g/mol. The van der Waals surface area contributed by atoms with Crippen molar-refractivity contribution >= 4 is 25.3 Å². The molecule has 3 nitrogen and oxygen atoms in total. The summed E-state index contributed by atoms with van der Waals surface area (Å²) in [6.45, 7) is 15.4. The van der Waals surface area contributed by atoms with E-state index in [1.165, 1.54) is 11.8 Å². The molecule has 1 atom stereocenters. The van der Waals surface area contributed by atoms with Crippen LogP contribution in [0.15, 0.2) is 12.7 Å². The Bertz CT molecular complexity index is 298. The first kappa shape index (κ1) is 17.7. The Morgan fingerprint density at radius 1 is 1.44 bits per heavy atom. The largest absolute Gasteiger partial charge is 0.415 e. The Morgan fingerprint density at radius 3 is 2.28 bits per heavy atom. The quantitative estimate of drug-likeness (QED) is 0.566. The number of amides is 1. The van der Waals surface area contributed by atoms with Crippen LogP contribution in [-0.4, -0.2) is 44.4 Å². The number of carbonyl (C=O) groups excluding carboxylic acids is 1. The first-order chi connectivity index (χ1) is 8.01. The molecule has 0 aliphatic carbocycles. The molecule has 1 amide bonds. The van der Waals surface area contributed by atoms with Gasteiger partial charge < -0.3 is 9.33 Å². The lowest BCUT2D eigenvalue weighted by atomic mass is 10.2. The molecule has 18 heavy (non-hydrogen) atoms. The van der Waals surface area contributed by atoms with E-state index < -0.39 is 8.32 Å². The minimum Gasteiger partial charge on any atom is -0.415 e. The Morgan fingerprint density at radius 2 is 1.94 bits per heavy atom. The Balaban J connectivity index is 4.41. The van der Waals surface area contributed by atoms with Gasteiger partial charge in [-0.2, -0.15) is 0 Å². The van der Waals surface area contributed by atoms with E-state index in [-0.39, 0.29) is 15.5 Å². The molecule has 0 aromatic rings. The highest BCUT2D eigenvalue weighted by atomic mass is 32.2. The fourth-order valence-corrected chi connectivity index (χ4v) is 2.74. The van der Waals surface area contributed by atoms with Crippen LogP contribution in [-0.2, 0) is 4.43 Å². The molecule has 0 N–H and O–H groups in total. The van der Waals surface area contributed by atoms with Gasteiger partial charge in [0.1, 0.15) is 0 Å². The molecule has 0 aliphatic rings. The van der Waals surface area contributed by atoms with Crippen LogP contribution in [0, 0.1) is 0 Å². The van der Waals surface area contributed by atoms with Gasteiger partial charge in [-0.1, -0.05) is 38.6 Å². The fourth-order valence-electron chi connectivity index (χ4n) is 0.892. The van der Waals surface area contributed by atoms with Gasteiger partial charge in [0.25, 0.3) is 5.24 Å². The molecule has 5 heteroatoms. The van der Waals surface area contributed by atoms with Gasteiger partial charge in [0.05, 0.1) is 5.25 Å². The van der Waals surface area contributed by atoms with E-state index in [1.54, 1.807) is 25.1 Å². The molecule has 0 heterocycles. The summed E-state index contributed by atoms with van der Waals surface area (Å²) in [7, 11) is 1.76. The zero-order valence-corrected chi connectivity index (χ0v) is 14.6. The van der Waals surface area contributed by atoms with Gasteiger partial charge in [-0.15, -0.1) is 6.58 Å². The number of hydrogen-bond acceptors (Lipinski definition) is 3. The molecular formula is C13H27NO2SSi. The summed E-state index contributed by atoms with van der Waals surface area (Å²) in [5.74, 6) is 0. The van der Waals surface area contributed by atoms with Gasteiger partial charge in [-0.3, -0.25) is 4.79 Å². The maximum absolute atomic E-state index is 11.6. The molecule has 0 aromatic heterocycles. The van der Waals surface area contributed by atoms with Crippen LogP contribution < -0.4 is 0 Å². The van der Waals surface area contributed by atoms with Gasteiger partial charge >= 0.3 is 0 Å². The van der Waals surface area contributed by atoms with Crippen LogP contribution in [0.25, 0.3) is 0 Å². The van der Waals surface area contributed by atoms with Gasteiger partial charge in [-0.25, -0.2) is 0 Å². The molecule has 106 valence electrons. The lowest BCUT2D eigenvalue weighted by Gasteiger charge is -2.36. The number of hydrogen-bond donors (Lipinski definition) is 0. The molecule has 0 rings (SSSR count). The van der Waals surface area contributed by atoms with E-state index in [0.29, 0.717) is 6.61 Å². The molecule has 0 bridgehead atoms. The van der Waals surface area contributed by atoms with E-state index in [4.69, 9.17) is 4.43 Å². The highest BCUT2D eigenvalue weighted by Crippen LogP contribution is 2.37. The summed E-state index contributed by atoms with van der Waals surface area (Å²) in [4.78, 5) is 13.2. The number of rotatable bonds is 5. The Kier molecular flexibility index (Phi) is 6.67. The molecule has 0 fully saturated rings. The fraction of sp³-hybridized carbons (Fsp3) is 0.769. The molecular weight excluding hydrogens is 262 g/mol. The van der Waals surface area contributed by atoms with E-state index in [9.17, 15) is 4.79 Å². The summed E-state index contributed by atoms with van der Waals surface area (Å²) in [5, 5.41) is 0.252. The summed E-state index contributed by atoms with van der Waals surface area (Å²) in [6.07, 6.45) is 1.79. The molecule has 0 saturated carbocycles. The second-order valence-corrected chi connectivity index (χ2v) is 12.1. The minimum absolute atomic E-state index is 0.0222. The third-order valence-electron chi connectivity index (χ3n) is 3.29. The predicted octanol–water partition coefficient (Wildman–Crippen LogP) is 3.98. The van der Waals surface area contributed by atoms with Gasteiger partial charge in [0.2, 0.25) is 0 Å². The first-order valence-corrected chi connectivity index (χ1v) is 9.94. The smallest absolute Gasteiger partial charge is 0.281 e. The normalized spacial score (nSPS) is 14.2. The number of nitrogens with zero attached hydrogens (tertiary/aromatic N) is 1. The van der Waals surface area contributed by atoms with Crippen LogP contribution in [0.1, 0.15) is 20.8 Å². The maximum Gasteiger partial charge on any atom is 0.281 e. The molecule has 0 unspecified atom stereocenters. The topological polar surface area (TPSA) is 29.5 Å². The standard InChI is InChI=1S/C13H27NO2SSi/c1-9-11(17-12(15)14(5)6)10-16-18(7,8)13(2,3)4/h9,11H,1,10H2,2-8H3/t11-/m1/s1. The third kappa shape index (κ3) is 5.59. The highest BCUT2D eigenvalue weighted by Gasteiger charge is 2.37. The van der Waals surface area contributed by atoms with Crippen molar-refractivity contribution in [3.8, 4) is 0 Å². The van der Waals surface area contributed by atoms with E-state index in [0.717, 1.165) is 0 Å². The molecule has 0 radical (unpaired) electrons. The predicted molar refractivity (Wildman–Crippen MR) is 83.8 cm³/mol. The van der Waals surface area contributed by atoms with Crippen molar-refractivity contribution in [2.24, 2.45) is 0 Å². The lowest BCUT2D eigenvalue weighted by molar-refractivity contribution is 0.240. The van der Waals surface area contributed by atoms with E-state index in [2.05, 4.69) is 40.4 Å². The van der Waals surface area contributed by atoms with Crippen LogP contribution in [0.5, 0.6) is 0 Å². The van der Waals surface area contributed by atoms with Gasteiger partial charge in [-0.05, 0) is 18.1 Å². The Hall–Kier alpha value is -0.263. The molecule has 0 spiro atoms. The van der Waals surface area contributed by atoms with Crippen LogP contribution in [0.4, 0.5) is 4.79 Å². The van der Waals surface area contributed by atoms with Crippen molar-refractivity contribution in [1.82, 2.24) is 4.90 Å². The zero-order valence-electron chi connectivity index (χ0n) is 12.7. The maximum atomic E-state index is 11.6. The number of carbonyl (C=O) groups is 1. The summed E-state index contributed by atoms with van der Waals surface area (Å²) in [6, 6.07) is 0. The van der Waals surface area contributed by atoms with Crippen molar-refractivity contribution in [3.63, 3.8) is 0 Å². The van der Waals surface area contributed by atoms with Crippen molar-refractivity contribution in [2.45, 2.75) is 44.2 Å². The summed E-state index contributed by atoms with van der Waals surface area (Å²) < 4.78 is 6.10. The van der Waals surface area contributed by atoms with Crippen molar-refractivity contribution in [1.29, 1.82) is 0 Å². The van der Waals surface area contributed by atoms with Crippen LogP contribution in [0.3, 0.4) is 0 Å². The van der Waals surface area contributed by atoms with Crippen molar-refractivity contribution < 1.29 is 9.22 Å². The van der Waals surface area contributed by atoms with Crippen molar-refractivity contribution in [3.05, 3.63) is 12.7 Å². The summed E-state index contributed by atoms with van der Waals surface area (Å²) in [5.41, 5.74) is 0. The SMILES string of the molecule is C=C[C@H](CO[Si](C)(C)C(C)(C)C)SC(=O)N(C)C. The Labute approximate surface area is 117 Å². The first-order valence-electron chi connectivity index (χ1n) is 6.15. The third-order valence-corrected chi connectivity index (χ3v) is 8.99. The minimum atomic E-state index is -1.75. The molecule has 0 aliphatic heterocycles. The second-order valence-electron chi connectivity index (χ2n) is 6.12. The monoisotopic (exact) mass is 289 g/mol. The molecule has 0 aromatic carbocycles. The molecule has 0 saturated heterocycles. The van der Waals surface area contributed by atoms with Crippen LogP contribution in [0.2, 0.25) is 18.1 Å². The van der Waals surface area contributed by atoms with E-state index >= 15 is 0 Å². The van der Waals surface area contributed by atoms with Gasteiger partial charge in [0.15, 0.2) is 8.32 Å². The zero-order chi connectivity index (χ0) is 14.6. The lowest BCUT2D eigenvalue weighted by Crippen LogP contribution is -2.42. The van der Waals surface area contributed by atoms with E-state index in [1.807, 2.05) is 0 Å². The van der Waals surface area contributed by atoms with Crippen molar-refractivity contribution in [2.75, 3.05) is 20.7 Å². The highest BCUT2D eigenvalue weighted by molar-refractivity contribution is 8.14. The number of thioether (sulfide) groups is 1. The second kappa shape index (κ2) is 6.77. The summed E-state index contributed by atoms with van der Waals surface area (Å²) >= 11 is 1.27.